The molecule has 1 fully saturated rings. The van der Waals surface area contributed by atoms with Crippen LogP contribution in [0.4, 0.5) is 0 Å². The van der Waals surface area contributed by atoms with Crippen molar-refractivity contribution in [3.05, 3.63) is 36.2 Å². The smallest absolute Gasteiger partial charge is 0.135 e. The van der Waals surface area contributed by atoms with Crippen LogP contribution in [-0.2, 0) is 24.4 Å². The monoisotopic (exact) mass is 259 g/mol. The average molecular weight is 259 g/mol. The van der Waals surface area contributed by atoms with Crippen LogP contribution in [0.3, 0.4) is 0 Å². The third kappa shape index (κ3) is 1.97. The van der Waals surface area contributed by atoms with Gasteiger partial charge in [-0.3, -0.25) is 9.58 Å². The van der Waals surface area contributed by atoms with Gasteiger partial charge in [0.25, 0.3) is 0 Å². The summed E-state index contributed by atoms with van der Waals surface area (Å²) in [5.41, 5.74) is 1.30. The van der Waals surface area contributed by atoms with Crippen LogP contribution in [-0.4, -0.2) is 43.9 Å². The number of imidazole rings is 1. The van der Waals surface area contributed by atoms with Gasteiger partial charge in [-0.15, -0.1) is 0 Å². The van der Waals surface area contributed by atoms with Crippen LogP contribution in [0, 0.1) is 0 Å². The van der Waals surface area contributed by atoms with Gasteiger partial charge in [-0.05, 0) is 6.07 Å². The standard InChI is InChI=1S/C13H17N5O/c1-2-15-18(3-1)12-8-16(9-12)7-11-6-14-13-10-19-5-4-17(11)13/h1-3,6,12H,4-5,7-10H2. The van der Waals surface area contributed by atoms with Crippen molar-refractivity contribution < 1.29 is 4.74 Å². The van der Waals surface area contributed by atoms with Gasteiger partial charge in [0.1, 0.15) is 12.4 Å². The molecule has 2 aliphatic heterocycles. The SMILES string of the molecule is c1cnn(C2CN(Cc3cnc4n3CCOC4)C2)c1. The van der Waals surface area contributed by atoms with Crippen LogP contribution < -0.4 is 0 Å². The summed E-state index contributed by atoms with van der Waals surface area (Å²) in [7, 11) is 0. The summed E-state index contributed by atoms with van der Waals surface area (Å²) in [6, 6.07) is 2.51. The van der Waals surface area contributed by atoms with Crippen molar-refractivity contribution in [2.45, 2.75) is 25.7 Å². The lowest BCUT2D eigenvalue weighted by Gasteiger charge is -2.39. The van der Waals surface area contributed by atoms with E-state index in [9.17, 15) is 0 Å². The van der Waals surface area contributed by atoms with Gasteiger partial charge in [-0.2, -0.15) is 5.10 Å². The molecule has 2 aliphatic rings. The Morgan fingerprint density at radius 2 is 2.32 bits per heavy atom. The Labute approximate surface area is 111 Å². The first-order chi connectivity index (χ1) is 9.40. The predicted octanol–water partition coefficient (Wildman–Crippen LogP) is 0.667. The van der Waals surface area contributed by atoms with Crippen molar-refractivity contribution >= 4 is 0 Å². The second-order valence-electron chi connectivity index (χ2n) is 5.20. The van der Waals surface area contributed by atoms with Gasteiger partial charge in [-0.1, -0.05) is 0 Å². The van der Waals surface area contributed by atoms with E-state index in [1.165, 1.54) is 5.69 Å². The number of aromatic nitrogens is 4. The van der Waals surface area contributed by atoms with E-state index in [1.54, 1.807) is 0 Å². The Morgan fingerprint density at radius 3 is 3.16 bits per heavy atom. The maximum absolute atomic E-state index is 5.41. The van der Waals surface area contributed by atoms with Crippen molar-refractivity contribution in [3.63, 3.8) is 0 Å². The summed E-state index contributed by atoms with van der Waals surface area (Å²) in [6.07, 6.45) is 5.88. The van der Waals surface area contributed by atoms with Gasteiger partial charge < -0.3 is 9.30 Å². The first-order valence-corrected chi connectivity index (χ1v) is 6.72. The van der Waals surface area contributed by atoms with E-state index in [0.29, 0.717) is 12.6 Å². The van der Waals surface area contributed by atoms with E-state index in [0.717, 1.165) is 38.6 Å². The zero-order chi connectivity index (χ0) is 12.7. The maximum Gasteiger partial charge on any atom is 0.135 e. The molecule has 0 unspecified atom stereocenters. The topological polar surface area (TPSA) is 48.1 Å². The summed E-state index contributed by atoms with van der Waals surface area (Å²) < 4.78 is 9.76. The highest BCUT2D eigenvalue weighted by Crippen LogP contribution is 2.23. The third-order valence-corrected chi connectivity index (χ3v) is 3.93. The molecule has 0 N–H and O–H groups in total. The number of hydrogen-bond acceptors (Lipinski definition) is 4. The molecular formula is C13H17N5O. The van der Waals surface area contributed by atoms with Crippen LogP contribution in [0.15, 0.2) is 24.7 Å². The number of rotatable bonds is 3. The molecule has 0 spiro atoms. The minimum absolute atomic E-state index is 0.530. The molecule has 0 bridgehead atoms. The largest absolute Gasteiger partial charge is 0.372 e. The predicted molar refractivity (Wildman–Crippen MR) is 68.4 cm³/mol. The highest BCUT2D eigenvalue weighted by molar-refractivity contribution is 5.07. The Balaban J connectivity index is 1.40. The first kappa shape index (κ1) is 11.2. The highest BCUT2D eigenvalue weighted by Gasteiger charge is 2.29. The number of nitrogens with zero attached hydrogens (tertiary/aromatic N) is 5. The van der Waals surface area contributed by atoms with Gasteiger partial charge in [0.15, 0.2) is 0 Å². The van der Waals surface area contributed by atoms with Crippen molar-refractivity contribution in [2.75, 3.05) is 19.7 Å². The first-order valence-electron chi connectivity index (χ1n) is 6.72. The van der Waals surface area contributed by atoms with E-state index < -0.39 is 0 Å². The lowest BCUT2D eigenvalue weighted by Crippen LogP contribution is -2.47. The van der Waals surface area contributed by atoms with Gasteiger partial charge >= 0.3 is 0 Å². The molecule has 0 radical (unpaired) electrons. The fourth-order valence-electron chi connectivity index (χ4n) is 2.85. The van der Waals surface area contributed by atoms with E-state index in [2.05, 4.69) is 24.2 Å². The second kappa shape index (κ2) is 4.47. The Bertz CT molecular complexity index is 556. The van der Waals surface area contributed by atoms with Gasteiger partial charge in [0, 0.05) is 44.8 Å². The van der Waals surface area contributed by atoms with Crippen molar-refractivity contribution in [1.29, 1.82) is 0 Å². The molecule has 2 aromatic heterocycles. The molecule has 0 saturated carbocycles. The molecule has 6 nitrogen and oxygen atoms in total. The van der Waals surface area contributed by atoms with Crippen molar-refractivity contribution in [1.82, 2.24) is 24.2 Å². The van der Waals surface area contributed by atoms with Gasteiger partial charge in [0.05, 0.1) is 18.3 Å². The molecule has 6 heteroatoms. The number of ether oxygens (including phenoxy) is 1. The summed E-state index contributed by atoms with van der Waals surface area (Å²) in [4.78, 5) is 6.87. The zero-order valence-electron chi connectivity index (χ0n) is 10.8. The molecule has 4 rings (SSSR count). The maximum atomic E-state index is 5.41. The van der Waals surface area contributed by atoms with Crippen LogP contribution in [0.25, 0.3) is 0 Å². The minimum atomic E-state index is 0.530. The highest BCUT2D eigenvalue weighted by atomic mass is 16.5. The quantitative estimate of drug-likeness (QED) is 0.813. The zero-order valence-corrected chi connectivity index (χ0v) is 10.8. The van der Waals surface area contributed by atoms with E-state index in [-0.39, 0.29) is 0 Å². The minimum Gasteiger partial charge on any atom is -0.372 e. The third-order valence-electron chi connectivity index (χ3n) is 3.93. The molecule has 0 atom stereocenters. The van der Waals surface area contributed by atoms with Gasteiger partial charge in [-0.25, -0.2) is 4.98 Å². The molecule has 4 heterocycles. The van der Waals surface area contributed by atoms with Crippen LogP contribution >= 0.6 is 0 Å². The molecule has 0 amide bonds. The molecule has 100 valence electrons. The molecule has 0 aromatic carbocycles. The summed E-state index contributed by atoms with van der Waals surface area (Å²) in [5, 5.41) is 4.30. The van der Waals surface area contributed by atoms with E-state index >= 15 is 0 Å². The average Bonchev–Trinajstić information content (AvgIpc) is 3.03. The summed E-state index contributed by atoms with van der Waals surface area (Å²) in [5.74, 6) is 1.06. The normalized spacial score (nSPS) is 20.2. The lowest BCUT2D eigenvalue weighted by atomic mass is 10.1. The van der Waals surface area contributed by atoms with Crippen molar-refractivity contribution in [3.8, 4) is 0 Å². The summed E-state index contributed by atoms with van der Waals surface area (Å²) in [6.45, 7) is 5.49. The van der Waals surface area contributed by atoms with Gasteiger partial charge in [0.2, 0.25) is 0 Å². The Kier molecular flexibility index (Phi) is 2.63. The molecule has 19 heavy (non-hydrogen) atoms. The fourth-order valence-corrected chi connectivity index (χ4v) is 2.85. The van der Waals surface area contributed by atoms with Crippen LogP contribution in [0.5, 0.6) is 0 Å². The fraction of sp³-hybridized carbons (Fsp3) is 0.538. The Hall–Kier alpha value is -1.66. The van der Waals surface area contributed by atoms with Crippen LogP contribution in [0.2, 0.25) is 0 Å². The summed E-state index contributed by atoms with van der Waals surface area (Å²) >= 11 is 0. The molecule has 1 saturated heterocycles. The number of hydrogen-bond donors (Lipinski definition) is 0. The Morgan fingerprint density at radius 1 is 1.37 bits per heavy atom. The molecule has 0 aliphatic carbocycles. The van der Waals surface area contributed by atoms with E-state index in [1.807, 2.05) is 24.7 Å². The van der Waals surface area contributed by atoms with E-state index in [4.69, 9.17) is 4.74 Å². The molecule has 2 aromatic rings. The lowest BCUT2D eigenvalue weighted by molar-refractivity contribution is 0.0711. The second-order valence-corrected chi connectivity index (χ2v) is 5.20. The van der Waals surface area contributed by atoms with Crippen LogP contribution in [0.1, 0.15) is 17.6 Å². The van der Waals surface area contributed by atoms with Crippen molar-refractivity contribution in [2.24, 2.45) is 0 Å². The number of fused-ring (bicyclic) bond motifs is 1. The molecular weight excluding hydrogens is 242 g/mol. The number of likely N-dealkylation sites (tertiary alicyclic amines) is 1.